The van der Waals surface area contributed by atoms with Gasteiger partial charge in [0.25, 0.3) is 0 Å². The fraction of sp³-hybridized carbons (Fsp3) is 0.500. The third kappa shape index (κ3) is 4.23. The van der Waals surface area contributed by atoms with E-state index in [9.17, 15) is 8.42 Å². The number of hydrogen-bond acceptors (Lipinski definition) is 3. The van der Waals surface area contributed by atoms with Crippen LogP contribution in [0.1, 0.15) is 19.8 Å². The van der Waals surface area contributed by atoms with E-state index in [1.807, 2.05) is 6.92 Å². The average Bonchev–Trinajstić information content (AvgIpc) is 2.35. The fourth-order valence-electron chi connectivity index (χ4n) is 2.15. The second-order valence-electron chi connectivity index (χ2n) is 4.69. The normalized spacial score (nSPS) is 23.1. The van der Waals surface area contributed by atoms with E-state index in [2.05, 4.69) is 10.0 Å². The molecule has 1 aliphatic rings. The molecular formula is C12H17Cl3N2O2S. The first kappa shape index (κ1) is 18.0. The first-order chi connectivity index (χ1) is 8.90. The molecule has 1 aliphatic heterocycles. The molecule has 20 heavy (non-hydrogen) atoms. The Balaban J connectivity index is 0.00000200. The topological polar surface area (TPSA) is 58.2 Å². The molecule has 0 spiro atoms. The molecule has 1 aromatic rings. The Labute approximate surface area is 135 Å². The van der Waals surface area contributed by atoms with E-state index in [0.29, 0.717) is 5.02 Å². The maximum atomic E-state index is 12.3. The van der Waals surface area contributed by atoms with Crippen molar-refractivity contribution in [3.05, 3.63) is 28.2 Å². The maximum absolute atomic E-state index is 12.3. The van der Waals surface area contributed by atoms with Gasteiger partial charge in [0.2, 0.25) is 10.0 Å². The largest absolute Gasteiger partial charge is 0.313 e. The molecule has 0 aromatic heterocycles. The summed E-state index contributed by atoms with van der Waals surface area (Å²) in [5.41, 5.74) is 0. The molecule has 0 radical (unpaired) electrons. The molecule has 4 nitrogen and oxygen atoms in total. The molecule has 2 rings (SSSR count). The van der Waals surface area contributed by atoms with Gasteiger partial charge in [-0.3, -0.25) is 0 Å². The van der Waals surface area contributed by atoms with Crippen LogP contribution in [0, 0.1) is 0 Å². The van der Waals surface area contributed by atoms with Gasteiger partial charge in [0.05, 0.1) is 5.02 Å². The number of hydrogen-bond donors (Lipinski definition) is 2. The van der Waals surface area contributed by atoms with Crippen molar-refractivity contribution >= 4 is 45.6 Å². The molecule has 1 heterocycles. The van der Waals surface area contributed by atoms with Crippen LogP contribution in [0.2, 0.25) is 10.0 Å². The van der Waals surface area contributed by atoms with Crippen LogP contribution < -0.4 is 10.0 Å². The highest BCUT2D eigenvalue weighted by molar-refractivity contribution is 7.89. The van der Waals surface area contributed by atoms with Gasteiger partial charge >= 0.3 is 0 Å². The second kappa shape index (κ2) is 7.29. The Hall–Kier alpha value is -0.0400. The van der Waals surface area contributed by atoms with Gasteiger partial charge in [-0.2, -0.15) is 0 Å². The van der Waals surface area contributed by atoms with Gasteiger partial charge in [0.1, 0.15) is 4.90 Å². The second-order valence-corrected chi connectivity index (χ2v) is 7.21. The molecule has 1 fully saturated rings. The molecule has 0 amide bonds. The summed E-state index contributed by atoms with van der Waals surface area (Å²) >= 11 is 11.8. The highest BCUT2D eigenvalue weighted by Crippen LogP contribution is 2.25. The summed E-state index contributed by atoms with van der Waals surface area (Å²) in [6.07, 6.45) is 1.76. The molecule has 0 bridgehead atoms. The van der Waals surface area contributed by atoms with Crippen molar-refractivity contribution in [3.8, 4) is 0 Å². The standard InChI is InChI=1S/C12H16Cl2N2O2S.ClH/c1-8-11(3-2-6-15-8)16-19(17,18)12-7-9(13)4-5-10(12)14;/h4-5,7-8,11,15-16H,2-3,6H2,1H3;1H. The van der Waals surface area contributed by atoms with Gasteiger partial charge in [-0.1, -0.05) is 23.2 Å². The zero-order chi connectivity index (χ0) is 14.0. The van der Waals surface area contributed by atoms with Gasteiger partial charge in [-0.15, -0.1) is 12.4 Å². The van der Waals surface area contributed by atoms with Crippen LogP contribution in [0.25, 0.3) is 0 Å². The smallest absolute Gasteiger partial charge is 0.242 e. The van der Waals surface area contributed by atoms with E-state index in [0.717, 1.165) is 19.4 Å². The Bertz CT molecular complexity index is 566. The number of nitrogens with one attached hydrogen (secondary N) is 2. The highest BCUT2D eigenvalue weighted by atomic mass is 35.5. The van der Waals surface area contributed by atoms with Crippen molar-refractivity contribution in [1.29, 1.82) is 0 Å². The van der Waals surface area contributed by atoms with Crippen molar-refractivity contribution in [2.24, 2.45) is 0 Å². The third-order valence-electron chi connectivity index (χ3n) is 3.25. The van der Waals surface area contributed by atoms with Crippen LogP contribution >= 0.6 is 35.6 Å². The Morgan fingerprint density at radius 2 is 2.05 bits per heavy atom. The van der Waals surface area contributed by atoms with Crippen LogP contribution in [0.15, 0.2) is 23.1 Å². The molecule has 2 N–H and O–H groups in total. The lowest BCUT2D eigenvalue weighted by atomic mass is 10.0. The van der Waals surface area contributed by atoms with Crippen molar-refractivity contribution in [1.82, 2.24) is 10.0 Å². The molecule has 1 saturated heterocycles. The summed E-state index contributed by atoms with van der Waals surface area (Å²) in [5, 5.41) is 3.77. The van der Waals surface area contributed by atoms with Gasteiger partial charge in [0, 0.05) is 17.1 Å². The van der Waals surface area contributed by atoms with Gasteiger partial charge < -0.3 is 5.32 Å². The molecule has 1 aromatic carbocycles. The molecule has 8 heteroatoms. The first-order valence-electron chi connectivity index (χ1n) is 6.11. The molecular weight excluding hydrogens is 343 g/mol. The predicted octanol–water partition coefficient (Wildman–Crippen LogP) is 2.83. The average molecular weight is 360 g/mol. The Morgan fingerprint density at radius 1 is 1.35 bits per heavy atom. The quantitative estimate of drug-likeness (QED) is 0.872. The van der Waals surface area contributed by atoms with Crippen molar-refractivity contribution in [2.75, 3.05) is 6.54 Å². The summed E-state index contributed by atoms with van der Waals surface area (Å²) in [6.45, 7) is 2.88. The first-order valence-corrected chi connectivity index (χ1v) is 8.35. The van der Waals surface area contributed by atoms with Crippen molar-refractivity contribution in [3.63, 3.8) is 0 Å². The summed E-state index contributed by atoms with van der Waals surface area (Å²) in [7, 11) is -3.65. The van der Waals surface area contributed by atoms with Crippen LogP contribution in [-0.4, -0.2) is 27.0 Å². The van der Waals surface area contributed by atoms with Crippen LogP contribution in [0.5, 0.6) is 0 Å². The zero-order valence-corrected chi connectivity index (χ0v) is 14.0. The minimum atomic E-state index is -3.65. The lowest BCUT2D eigenvalue weighted by molar-refractivity contribution is 0.349. The third-order valence-corrected chi connectivity index (χ3v) is 5.46. The molecule has 2 unspecified atom stereocenters. The number of sulfonamides is 1. The molecule has 0 aliphatic carbocycles. The fourth-order valence-corrected chi connectivity index (χ4v) is 4.26. The number of rotatable bonds is 3. The number of halogens is 3. The maximum Gasteiger partial charge on any atom is 0.242 e. The van der Waals surface area contributed by atoms with Gasteiger partial charge in [0.15, 0.2) is 0 Å². The van der Waals surface area contributed by atoms with E-state index in [4.69, 9.17) is 23.2 Å². The molecule has 114 valence electrons. The van der Waals surface area contributed by atoms with E-state index >= 15 is 0 Å². The number of benzene rings is 1. The van der Waals surface area contributed by atoms with E-state index in [1.54, 1.807) is 6.07 Å². The summed E-state index contributed by atoms with van der Waals surface area (Å²) < 4.78 is 27.4. The van der Waals surface area contributed by atoms with Crippen molar-refractivity contribution < 1.29 is 8.42 Å². The summed E-state index contributed by atoms with van der Waals surface area (Å²) in [6, 6.07) is 4.39. The van der Waals surface area contributed by atoms with E-state index in [-0.39, 0.29) is 34.4 Å². The van der Waals surface area contributed by atoms with Gasteiger partial charge in [-0.25, -0.2) is 13.1 Å². The monoisotopic (exact) mass is 358 g/mol. The molecule has 0 saturated carbocycles. The SMILES string of the molecule is CC1NCCCC1NS(=O)(=O)c1cc(Cl)ccc1Cl.Cl. The highest BCUT2D eigenvalue weighted by Gasteiger charge is 2.27. The summed E-state index contributed by atoms with van der Waals surface area (Å²) in [4.78, 5) is 0.0273. The number of piperidine rings is 1. The van der Waals surface area contributed by atoms with Crippen LogP contribution in [0.3, 0.4) is 0 Å². The van der Waals surface area contributed by atoms with Gasteiger partial charge in [-0.05, 0) is 44.5 Å². The lowest BCUT2D eigenvalue weighted by Gasteiger charge is -2.30. The van der Waals surface area contributed by atoms with E-state index < -0.39 is 10.0 Å². The minimum absolute atomic E-state index is 0. The summed E-state index contributed by atoms with van der Waals surface area (Å²) in [5.74, 6) is 0. The zero-order valence-electron chi connectivity index (χ0n) is 10.9. The Morgan fingerprint density at radius 3 is 2.70 bits per heavy atom. The predicted molar refractivity (Wildman–Crippen MR) is 84.5 cm³/mol. The van der Waals surface area contributed by atoms with Crippen LogP contribution in [0.4, 0.5) is 0 Å². The minimum Gasteiger partial charge on any atom is -0.313 e. The Kier molecular flexibility index (Phi) is 6.57. The van der Waals surface area contributed by atoms with Crippen LogP contribution in [-0.2, 0) is 10.0 Å². The lowest BCUT2D eigenvalue weighted by Crippen LogP contribution is -2.51. The van der Waals surface area contributed by atoms with Crippen molar-refractivity contribution in [2.45, 2.75) is 36.7 Å². The molecule has 2 atom stereocenters. The van der Waals surface area contributed by atoms with E-state index in [1.165, 1.54) is 12.1 Å².